The summed E-state index contributed by atoms with van der Waals surface area (Å²) in [6, 6.07) is 8.90. The Labute approximate surface area is 269 Å². The van der Waals surface area contributed by atoms with E-state index in [9.17, 15) is 0 Å². The number of ether oxygens (including phenoxy) is 4. The molecule has 2 aromatic carbocycles. The van der Waals surface area contributed by atoms with E-state index in [4.69, 9.17) is 18.9 Å². The summed E-state index contributed by atoms with van der Waals surface area (Å²) >= 11 is 0. The van der Waals surface area contributed by atoms with E-state index < -0.39 is 0 Å². The highest BCUT2D eigenvalue weighted by Crippen LogP contribution is 2.44. The van der Waals surface area contributed by atoms with Gasteiger partial charge in [0, 0.05) is 11.1 Å². The van der Waals surface area contributed by atoms with Crippen molar-refractivity contribution in [2.75, 3.05) is 28.4 Å². The Kier molecular flexibility index (Phi) is 15.2. The maximum Gasteiger partial charge on any atom is 0.126 e. The van der Waals surface area contributed by atoms with Crippen molar-refractivity contribution in [1.29, 1.82) is 0 Å². The second kappa shape index (κ2) is 18.8. The number of allylic oxidation sites excluding steroid dienone is 2. The Bertz CT molecular complexity index is 1080. The van der Waals surface area contributed by atoms with Crippen LogP contribution < -0.4 is 18.9 Å². The molecule has 0 saturated heterocycles. The summed E-state index contributed by atoms with van der Waals surface area (Å²) in [5, 5.41) is 0. The number of rotatable bonds is 10. The van der Waals surface area contributed by atoms with Crippen LogP contribution in [0.4, 0.5) is 0 Å². The van der Waals surface area contributed by atoms with Crippen molar-refractivity contribution in [3.8, 4) is 23.0 Å². The van der Waals surface area contributed by atoms with Gasteiger partial charge in [-0.05, 0) is 112 Å². The van der Waals surface area contributed by atoms with Gasteiger partial charge in [-0.3, -0.25) is 0 Å². The third-order valence-electron chi connectivity index (χ3n) is 9.33. The number of methoxy groups -OCH3 is 4. The maximum atomic E-state index is 6.03. The Morgan fingerprint density at radius 1 is 0.545 bits per heavy atom. The van der Waals surface area contributed by atoms with Gasteiger partial charge in [-0.1, -0.05) is 75.7 Å². The van der Waals surface area contributed by atoms with Crippen LogP contribution in [0.3, 0.4) is 0 Å². The third kappa shape index (κ3) is 10.1. The van der Waals surface area contributed by atoms with E-state index in [-0.39, 0.29) is 0 Å². The Hall–Kier alpha value is -2.88. The van der Waals surface area contributed by atoms with Crippen molar-refractivity contribution in [3.63, 3.8) is 0 Å². The normalized spacial score (nSPS) is 20.9. The molecule has 0 spiro atoms. The number of benzene rings is 2. The quantitative estimate of drug-likeness (QED) is 0.270. The Morgan fingerprint density at radius 2 is 0.886 bits per heavy atom. The molecule has 44 heavy (non-hydrogen) atoms. The SMILES string of the molecule is CCCC[C@H]1CCCC/C(C)=C\c2cc(OC)c(c(OC)c2)[C@@H](CCCC)CCCC/C(C)=C\c2cc(OC)c1c(OC)c2. The van der Waals surface area contributed by atoms with Gasteiger partial charge in [0.1, 0.15) is 23.0 Å². The molecule has 4 bridgehead atoms. The van der Waals surface area contributed by atoms with Gasteiger partial charge < -0.3 is 18.9 Å². The summed E-state index contributed by atoms with van der Waals surface area (Å²) in [4.78, 5) is 0. The van der Waals surface area contributed by atoms with Gasteiger partial charge in [-0.2, -0.15) is 0 Å². The summed E-state index contributed by atoms with van der Waals surface area (Å²) in [5.74, 6) is 4.70. The third-order valence-corrected chi connectivity index (χ3v) is 9.33. The maximum absolute atomic E-state index is 6.03. The molecule has 0 aliphatic heterocycles. The molecular weight excluding hydrogens is 544 g/mol. The first kappa shape index (κ1) is 35.6. The molecule has 4 aliphatic rings. The minimum absolute atomic E-state index is 0.419. The summed E-state index contributed by atoms with van der Waals surface area (Å²) in [6.07, 6.45) is 20.8. The van der Waals surface area contributed by atoms with Gasteiger partial charge in [0.25, 0.3) is 0 Å². The zero-order valence-corrected chi connectivity index (χ0v) is 29.2. The van der Waals surface area contributed by atoms with Crippen LogP contribution in [0.5, 0.6) is 23.0 Å². The number of hydrogen-bond donors (Lipinski definition) is 0. The lowest BCUT2D eigenvalue weighted by atomic mass is 9.85. The Morgan fingerprint density at radius 3 is 1.18 bits per heavy atom. The molecule has 244 valence electrons. The van der Waals surface area contributed by atoms with Gasteiger partial charge in [-0.25, -0.2) is 0 Å². The van der Waals surface area contributed by atoms with E-state index >= 15 is 0 Å². The lowest BCUT2D eigenvalue weighted by Gasteiger charge is -2.24. The van der Waals surface area contributed by atoms with Crippen molar-refractivity contribution in [2.24, 2.45) is 0 Å². The molecule has 4 aliphatic carbocycles. The molecule has 4 nitrogen and oxygen atoms in total. The average Bonchev–Trinajstić information content (AvgIpc) is 3.03. The summed E-state index contributed by atoms with van der Waals surface area (Å²) in [6.45, 7) is 9.06. The highest BCUT2D eigenvalue weighted by Gasteiger charge is 2.23. The average molecular weight is 605 g/mol. The summed E-state index contributed by atoms with van der Waals surface area (Å²) in [5.41, 5.74) is 7.58. The summed E-state index contributed by atoms with van der Waals surface area (Å²) < 4.78 is 24.1. The highest BCUT2D eigenvalue weighted by molar-refractivity contribution is 5.62. The molecule has 0 aromatic heterocycles. The van der Waals surface area contributed by atoms with Crippen LogP contribution in [0.25, 0.3) is 12.2 Å². The van der Waals surface area contributed by atoms with Gasteiger partial charge in [0.2, 0.25) is 0 Å². The molecular formula is C40H60O4. The van der Waals surface area contributed by atoms with Crippen molar-refractivity contribution in [1.82, 2.24) is 0 Å². The van der Waals surface area contributed by atoms with Gasteiger partial charge in [0.05, 0.1) is 28.4 Å². The molecule has 4 heteroatoms. The van der Waals surface area contributed by atoms with Crippen LogP contribution in [0.1, 0.15) is 152 Å². The van der Waals surface area contributed by atoms with Gasteiger partial charge >= 0.3 is 0 Å². The van der Waals surface area contributed by atoms with Crippen molar-refractivity contribution in [3.05, 3.63) is 57.7 Å². The van der Waals surface area contributed by atoms with Crippen LogP contribution in [-0.4, -0.2) is 28.4 Å². The fourth-order valence-electron chi connectivity index (χ4n) is 6.96. The second-order valence-corrected chi connectivity index (χ2v) is 12.8. The van der Waals surface area contributed by atoms with Crippen molar-refractivity contribution in [2.45, 2.75) is 129 Å². The number of unbranched alkanes of at least 4 members (excludes halogenated alkanes) is 2. The molecule has 0 saturated carbocycles. The van der Waals surface area contributed by atoms with Crippen LogP contribution in [-0.2, 0) is 0 Å². The van der Waals surface area contributed by atoms with Crippen molar-refractivity contribution >= 4 is 12.2 Å². The van der Waals surface area contributed by atoms with E-state index in [0.29, 0.717) is 11.8 Å². The van der Waals surface area contributed by atoms with E-state index in [0.717, 1.165) is 98.3 Å². The predicted octanol–water partition coefficient (Wildman–Crippen LogP) is 11.9. The molecule has 0 unspecified atom stereocenters. The van der Waals surface area contributed by atoms with Crippen LogP contribution in [0.15, 0.2) is 35.4 Å². The number of hydrogen-bond acceptors (Lipinski definition) is 4. The monoisotopic (exact) mass is 604 g/mol. The van der Waals surface area contributed by atoms with Crippen molar-refractivity contribution < 1.29 is 18.9 Å². The Balaban J connectivity index is 2.02. The summed E-state index contributed by atoms with van der Waals surface area (Å²) in [7, 11) is 7.22. The van der Waals surface area contributed by atoms with Gasteiger partial charge in [-0.15, -0.1) is 0 Å². The standard InChI is InChI=1S/C40H60O4/c1-9-11-19-33-21-15-13-17-29(3)24-32-27-37(43-7)40(38(28-32)44-8)34(20-12-10-2)22-16-14-18-30(4)23-31-25-35(41-5)39(33)36(26-31)42-6/h23-28,33-34H,9-22H2,1-8H3/b29-24-,30-23-/t33-,34-/m0/s1. The molecule has 0 radical (unpaired) electrons. The topological polar surface area (TPSA) is 36.9 Å². The molecule has 0 heterocycles. The molecule has 0 amide bonds. The molecule has 2 aromatic rings. The zero-order valence-electron chi connectivity index (χ0n) is 29.2. The van der Waals surface area contributed by atoms with Crippen LogP contribution in [0, 0.1) is 0 Å². The van der Waals surface area contributed by atoms with E-state index in [1.165, 1.54) is 48.0 Å². The van der Waals surface area contributed by atoms with E-state index in [1.807, 2.05) is 0 Å². The molecule has 0 fully saturated rings. The smallest absolute Gasteiger partial charge is 0.126 e. The largest absolute Gasteiger partial charge is 0.496 e. The minimum atomic E-state index is 0.419. The lowest BCUT2D eigenvalue weighted by Crippen LogP contribution is -2.06. The van der Waals surface area contributed by atoms with E-state index in [1.54, 1.807) is 28.4 Å². The highest BCUT2D eigenvalue weighted by atomic mass is 16.5. The molecule has 2 atom stereocenters. The first-order chi connectivity index (χ1) is 21.4. The van der Waals surface area contributed by atoms with Gasteiger partial charge in [0.15, 0.2) is 0 Å². The minimum Gasteiger partial charge on any atom is -0.496 e. The molecule has 0 N–H and O–H groups in total. The molecule has 6 rings (SSSR count). The first-order valence-corrected chi connectivity index (χ1v) is 17.2. The predicted molar refractivity (Wildman–Crippen MR) is 188 cm³/mol. The fraction of sp³-hybridized carbons (Fsp3) is 0.600. The van der Waals surface area contributed by atoms with Crippen LogP contribution >= 0.6 is 0 Å². The zero-order chi connectivity index (χ0) is 31.9. The van der Waals surface area contributed by atoms with E-state index in [2.05, 4.69) is 64.1 Å². The van der Waals surface area contributed by atoms with Crippen LogP contribution in [0.2, 0.25) is 0 Å². The fourth-order valence-corrected chi connectivity index (χ4v) is 6.96. The first-order valence-electron chi connectivity index (χ1n) is 17.2. The second-order valence-electron chi connectivity index (χ2n) is 12.8. The lowest BCUT2D eigenvalue weighted by molar-refractivity contribution is 0.369.